The van der Waals surface area contributed by atoms with Crippen molar-refractivity contribution in [2.75, 3.05) is 0 Å². The van der Waals surface area contributed by atoms with Crippen molar-refractivity contribution in [1.29, 1.82) is 0 Å². The highest BCUT2D eigenvalue weighted by molar-refractivity contribution is 5.78. The monoisotopic (exact) mass is 219 g/mol. The van der Waals surface area contributed by atoms with Crippen LogP contribution >= 0.6 is 0 Å². The van der Waals surface area contributed by atoms with Crippen molar-refractivity contribution in [3.63, 3.8) is 0 Å². The summed E-state index contributed by atoms with van der Waals surface area (Å²) in [5, 5.41) is 4.56. The molecule has 0 spiro atoms. The van der Waals surface area contributed by atoms with Gasteiger partial charge in [-0.25, -0.2) is 9.67 Å². The molecule has 0 saturated heterocycles. The highest BCUT2D eigenvalue weighted by Crippen LogP contribution is 2.35. The fraction of sp³-hybridized carbons (Fsp3) is 0.750. The first-order valence-electron chi connectivity index (χ1n) is 6.18. The average Bonchev–Trinajstić information content (AvgIpc) is 2.56. The van der Waals surface area contributed by atoms with Gasteiger partial charge in [0.25, 0.3) is 0 Å². The van der Waals surface area contributed by atoms with Crippen LogP contribution in [0.2, 0.25) is 0 Å². The zero-order valence-corrected chi connectivity index (χ0v) is 9.65. The number of hydrogen-bond donors (Lipinski definition) is 0. The van der Waals surface area contributed by atoms with Gasteiger partial charge >= 0.3 is 0 Å². The highest BCUT2D eigenvalue weighted by atomic mass is 16.1. The van der Waals surface area contributed by atoms with Crippen LogP contribution in [0.15, 0.2) is 0 Å². The van der Waals surface area contributed by atoms with Gasteiger partial charge in [-0.15, -0.1) is 0 Å². The van der Waals surface area contributed by atoms with Crippen molar-refractivity contribution in [3.8, 4) is 0 Å². The number of nitrogens with zero attached hydrogens (tertiary/aromatic N) is 3. The lowest BCUT2D eigenvalue weighted by Crippen LogP contribution is -2.26. The molecule has 2 heterocycles. The predicted octanol–water partition coefficient (Wildman–Crippen LogP) is 1.70. The molecule has 1 aliphatic heterocycles. The molecule has 1 unspecified atom stereocenters. The van der Waals surface area contributed by atoms with Crippen LogP contribution in [-0.4, -0.2) is 20.5 Å². The minimum atomic E-state index is 0.156. The van der Waals surface area contributed by atoms with E-state index in [2.05, 4.69) is 10.1 Å². The van der Waals surface area contributed by atoms with E-state index in [1.54, 1.807) is 6.92 Å². The lowest BCUT2D eigenvalue weighted by Gasteiger charge is -2.21. The second-order valence-electron chi connectivity index (χ2n) is 5.04. The van der Waals surface area contributed by atoms with Gasteiger partial charge < -0.3 is 0 Å². The molecule has 1 aromatic heterocycles. The van der Waals surface area contributed by atoms with E-state index in [9.17, 15) is 4.79 Å². The zero-order valence-electron chi connectivity index (χ0n) is 9.65. The molecule has 0 radical (unpaired) electrons. The van der Waals surface area contributed by atoms with Gasteiger partial charge in [0.2, 0.25) is 0 Å². The minimum absolute atomic E-state index is 0.156. The lowest BCUT2D eigenvalue weighted by atomic mass is 9.85. The van der Waals surface area contributed by atoms with E-state index in [0.717, 1.165) is 31.0 Å². The Morgan fingerprint density at radius 2 is 2.19 bits per heavy atom. The molecule has 0 amide bonds. The summed E-state index contributed by atoms with van der Waals surface area (Å²) in [4.78, 5) is 16.0. The smallest absolute Gasteiger partial charge is 0.154 e. The maximum absolute atomic E-state index is 11.4. The van der Waals surface area contributed by atoms with Crippen LogP contribution in [0.3, 0.4) is 0 Å². The lowest BCUT2D eigenvalue weighted by molar-refractivity contribution is -0.121. The van der Waals surface area contributed by atoms with E-state index in [-0.39, 0.29) is 11.7 Å². The number of ketones is 1. The Morgan fingerprint density at radius 3 is 2.81 bits per heavy atom. The fourth-order valence-electron chi connectivity index (χ4n) is 2.50. The first-order chi connectivity index (χ1) is 7.74. The fourth-order valence-corrected chi connectivity index (χ4v) is 2.50. The molecular weight excluding hydrogens is 202 g/mol. The molecule has 1 saturated carbocycles. The molecule has 16 heavy (non-hydrogen) atoms. The summed E-state index contributed by atoms with van der Waals surface area (Å²) < 4.78 is 1.96. The van der Waals surface area contributed by atoms with Crippen LogP contribution in [0.4, 0.5) is 0 Å². The van der Waals surface area contributed by atoms with Crippen molar-refractivity contribution in [3.05, 3.63) is 11.6 Å². The van der Waals surface area contributed by atoms with Gasteiger partial charge in [0.05, 0.1) is 6.54 Å². The zero-order chi connectivity index (χ0) is 11.1. The van der Waals surface area contributed by atoms with Crippen molar-refractivity contribution >= 4 is 5.78 Å². The summed E-state index contributed by atoms with van der Waals surface area (Å²) in [6, 6.07) is 0. The van der Waals surface area contributed by atoms with Gasteiger partial charge in [-0.1, -0.05) is 6.42 Å². The van der Waals surface area contributed by atoms with Crippen molar-refractivity contribution in [2.45, 2.75) is 51.5 Å². The number of rotatable bonds is 2. The summed E-state index contributed by atoms with van der Waals surface area (Å²) in [7, 11) is 0. The van der Waals surface area contributed by atoms with Gasteiger partial charge in [-0.2, -0.15) is 5.10 Å². The van der Waals surface area contributed by atoms with Crippen molar-refractivity contribution in [1.82, 2.24) is 14.8 Å². The maximum atomic E-state index is 11.4. The first kappa shape index (κ1) is 10.00. The second-order valence-corrected chi connectivity index (χ2v) is 5.04. The molecule has 1 fully saturated rings. The van der Waals surface area contributed by atoms with Crippen LogP contribution in [0, 0.1) is 5.92 Å². The molecule has 1 aliphatic carbocycles. The number of aryl methyl sites for hydroxylation is 1. The summed E-state index contributed by atoms with van der Waals surface area (Å²) in [5.74, 6) is 3.13. The number of Topliss-reactive ketones (excluding diaryl/α,β-unsaturated/α-hetero) is 1. The summed E-state index contributed by atoms with van der Waals surface area (Å²) in [6.45, 7) is 2.42. The van der Waals surface area contributed by atoms with Gasteiger partial charge in [0, 0.05) is 18.3 Å². The predicted molar refractivity (Wildman–Crippen MR) is 59.1 cm³/mol. The Kier molecular flexibility index (Phi) is 2.30. The number of hydrogen-bond acceptors (Lipinski definition) is 3. The topological polar surface area (TPSA) is 47.8 Å². The van der Waals surface area contributed by atoms with E-state index < -0.39 is 0 Å². The number of carbonyl (C=O) groups is 1. The van der Waals surface area contributed by atoms with Crippen LogP contribution in [0.25, 0.3) is 0 Å². The quantitative estimate of drug-likeness (QED) is 0.760. The van der Waals surface area contributed by atoms with E-state index in [0.29, 0.717) is 5.92 Å². The average molecular weight is 219 g/mol. The Labute approximate surface area is 95.1 Å². The van der Waals surface area contributed by atoms with Crippen molar-refractivity contribution in [2.24, 2.45) is 5.92 Å². The Hall–Kier alpha value is -1.19. The van der Waals surface area contributed by atoms with Crippen LogP contribution in [-0.2, 0) is 17.8 Å². The van der Waals surface area contributed by atoms with E-state index in [4.69, 9.17) is 0 Å². The highest BCUT2D eigenvalue weighted by Gasteiger charge is 2.28. The summed E-state index contributed by atoms with van der Waals surface area (Å²) >= 11 is 0. The molecule has 0 N–H and O–H groups in total. The van der Waals surface area contributed by atoms with Gasteiger partial charge in [-0.05, 0) is 26.2 Å². The van der Waals surface area contributed by atoms with Gasteiger partial charge in [-0.3, -0.25) is 4.79 Å². The van der Waals surface area contributed by atoms with E-state index in [1.165, 1.54) is 19.3 Å². The molecule has 0 bridgehead atoms. The molecule has 2 aliphatic rings. The van der Waals surface area contributed by atoms with E-state index >= 15 is 0 Å². The number of aromatic nitrogens is 3. The molecule has 4 nitrogen and oxygen atoms in total. The molecule has 0 aromatic carbocycles. The normalized spacial score (nSPS) is 24.9. The van der Waals surface area contributed by atoms with Crippen LogP contribution in [0.5, 0.6) is 0 Å². The third kappa shape index (κ3) is 1.56. The largest absolute Gasteiger partial charge is 0.300 e. The van der Waals surface area contributed by atoms with E-state index in [1.807, 2.05) is 4.68 Å². The van der Waals surface area contributed by atoms with Gasteiger partial charge in [0.1, 0.15) is 11.6 Å². The molecule has 1 atom stereocenters. The second kappa shape index (κ2) is 3.68. The Morgan fingerprint density at radius 1 is 1.38 bits per heavy atom. The summed E-state index contributed by atoms with van der Waals surface area (Å²) in [5.41, 5.74) is 0. The van der Waals surface area contributed by atoms with Gasteiger partial charge in [0.15, 0.2) is 5.82 Å². The third-order valence-corrected chi connectivity index (χ3v) is 3.92. The third-order valence-electron chi connectivity index (χ3n) is 3.92. The maximum Gasteiger partial charge on any atom is 0.154 e. The van der Waals surface area contributed by atoms with Crippen LogP contribution in [0.1, 0.15) is 50.2 Å². The minimum Gasteiger partial charge on any atom is -0.300 e. The molecule has 86 valence electrons. The van der Waals surface area contributed by atoms with Crippen molar-refractivity contribution < 1.29 is 4.79 Å². The number of fused-ring (bicyclic) bond motifs is 1. The van der Waals surface area contributed by atoms with Crippen LogP contribution < -0.4 is 0 Å². The Balaban J connectivity index is 1.82. The Bertz CT molecular complexity index is 420. The summed E-state index contributed by atoms with van der Waals surface area (Å²) in [6.07, 6.45) is 5.63. The molecule has 4 heteroatoms. The first-order valence-corrected chi connectivity index (χ1v) is 6.18. The molecule has 1 aromatic rings. The SMILES string of the molecule is CC(=O)C1CCc2nc(C3CCC3)nn2C1. The molecular formula is C12H17N3O. The molecule has 3 rings (SSSR count). The number of carbonyl (C=O) groups excluding carboxylic acids is 1. The standard InChI is InChI=1S/C12H17N3O/c1-8(16)10-5-6-11-13-12(9-3-2-4-9)14-15(11)7-10/h9-10H,2-7H2,1H3.